The molecule has 0 unspecified atom stereocenters. The van der Waals surface area contributed by atoms with Crippen LogP contribution >= 0.6 is 0 Å². The Kier molecular flexibility index (Phi) is 3.79. The molecule has 0 heterocycles. The van der Waals surface area contributed by atoms with Crippen LogP contribution in [0, 0.1) is 5.82 Å². The van der Waals surface area contributed by atoms with Gasteiger partial charge in [-0.25, -0.2) is 4.39 Å². The summed E-state index contributed by atoms with van der Waals surface area (Å²) in [5, 5.41) is 0. The second-order valence-corrected chi connectivity index (χ2v) is 2.92. The van der Waals surface area contributed by atoms with Crippen LogP contribution in [0.4, 0.5) is 4.39 Å². The fourth-order valence-corrected chi connectivity index (χ4v) is 0.953. The Morgan fingerprint density at radius 1 is 1.33 bits per heavy atom. The Hall–Kier alpha value is -1.91. The smallest absolute Gasteiger partial charge is 0.329 e. The second-order valence-electron chi connectivity index (χ2n) is 2.92. The largest absolute Gasteiger partial charge is 0.341 e. The molecule has 0 aliphatic carbocycles. The lowest BCUT2D eigenvalue weighted by atomic mass is 10.1. The third kappa shape index (κ3) is 4.21. The van der Waals surface area contributed by atoms with Gasteiger partial charge in [-0.3, -0.25) is 9.59 Å². The molecular formula is C10H10FNO3. The molecule has 0 spiro atoms. The van der Waals surface area contributed by atoms with E-state index in [1.54, 1.807) is 0 Å². The van der Waals surface area contributed by atoms with E-state index in [1.165, 1.54) is 31.2 Å². The molecule has 0 aliphatic rings. The van der Waals surface area contributed by atoms with E-state index >= 15 is 0 Å². The van der Waals surface area contributed by atoms with Crippen LogP contribution in [0.15, 0.2) is 24.3 Å². The molecule has 80 valence electrons. The molecule has 1 rings (SSSR count). The second kappa shape index (κ2) is 5.09. The van der Waals surface area contributed by atoms with Crippen LogP contribution in [0.5, 0.6) is 0 Å². The van der Waals surface area contributed by atoms with Gasteiger partial charge in [-0.2, -0.15) is 5.48 Å². The summed E-state index contributed by atoms with van der Waals surface area (Å²) in [6.45, 7) is 1.18. The predicted octanol–water partition coefficient (Wildman–Crippen LogP) is 0.962. The molecule has 0 radical (unpaired) electrons. The predicted molar refractivity (Wildman–Crippen MR) is 50.0 cm³/mol. The molecular weight excluding hydrogens is 201 g/mol. The van der Waals surface area contributed by atoms with Crippen molar-refractivity contribution < 1.29 is 18.8 Å². The lowest BCUT2D eigenvalue weighted by Crippen LogP contribution is -2.27. The van der Waals surface area contributed by atoms with E-state index in [4.69, 9.17) is 0 Å². The highest BCUT2D eigenvalue weighted by atomic mass is 19.1. The van der Waals surface area contributed by atoms with E-state index in [2.05, 4.69) is 4.84 Å². The van der Waals surface area contributed by atoms with Crippen LogP contribution in [-0.4, -0.2) is 11.9 Å². The maximum absolute atomic E-state index is 12.5. The average molecular weight is 211 g/mol. The number of benzene rings is 1. The molecule has 15 heavy (non-hydrogen) atoms. The molecule has 4 nitrogen and oxygen atoms in total. The van der Waals surface area contributed by atoms with Crippen molar-refractivity contribution in [2.75, 3.05) is 0 Å². The third-order valence-electron chi connectivity index (χ3n) is 1.59. The minimum absolute atomic E-state index is 0.0353. The van der Waals surface area contributed by atoms with E-state index in [9.17, 15) is 14.0 Å². The number of carbonyl (C=O) groups excluding carboxylic acids is 2. The summed E-state index contributed by atoms with van der Waals surface area (Å²) in [4.78, 5) is 25.8. The molecule has 5 heteroatoms. The highest BCUT2D eigenvalue weighted by Gasteiger charge is 2.04. The minimum atomic E-state index is -0.595. The Balaban J connectivity index is 2.44. The highest BCUT2D eigenvalue weighted by molar-refractivity contribution is 5.79. The van der Waals surface area contributed by atoms with Gasteiger partial charge in [-0.1, -0.05) is 12.1 Å². The maximum atomic E-state index is 12.5. The molecule has 0 aromatic heterocycles. The van der Waals surface area contributed by atoms with Gasteiger partial charge in [0.05, 0.1) is 6.42 Å². The molecule has 1 N–H and O–H groups in total. The standard InChI is InChI=1S/C10H10FNO3/c1-7(13)15-12-10(14)6-8-2-4-9(11)5-3-8/h2-5H,6H2,1H3,(H,12,14). The van der Waals surface area contributed by atoms with Crippen molar-refractivity contribution in [2.45, 2.75) is 13.3 Å². The molecule has 0 fully saturated rings. The summed E-state index contributed by atoms with van der Waals surface area (Å²) < 4.78 is 12.5. The fourth-order valence-electron chi connectivity index (χ4n) is 0.953. The summed E-state index contributed by atoms with van der Waals surface area (Å²) in [5.74, 6) is -1.42. The van der Waals surface area contributed by atoms with Gasteiger partial charge in [0.1, 0.15) is 5.82 Å². The molecule has 0 aliphatic heterocycles. The molecule has 1 amide bonds. The molecule has 0 saturated heterocycles. The summed E-state index contributed by atoms with van der Waals surface area (Å²) in [6.07, 6.45) is 0.0353. The van der Waals surface area contributed by atoms with Crippen molar-refractivity contribution in [3.05, 3.63) is 35.6 Å². The van der Waals surface area contributed by atoms with Gasteiger partial charge in [0.15, 0.2) is 0 Å². The first-order valence-corrected chi connectivity index (χ1v) is 4.28. The highest BCUT2D eigenvalue weighted by Crippen LogP contribution is 2.03. The number of hydrogen-bond acceptors (Lipinski definition) is 3. The zero-order chi connectivity index (χ0) is 11.3. The quantitative estimate of drug-likeness (QED) is 0.741. The SMILES string of the molecule is CC(=O)ONC(=O)Cc1ccc(F)cc1. The zero-order valence-corrected chi connectivity index (χ0v) is 8.12. The Morgan fingerprint density at radius 2 is 1.93 bits per heavy atom. The lowest BCUT2D eigenvalue weighted by molar-refractivity contribution is -0.155. The van der Waals surface area contributed by atoms with Crippen LogP contribution in [-0.2, 0) is 20.8 Å². The number of nitrogens with one attached hydrogen (secondary N) is 1. The topological polar surface area (TPSA) is 55.4 Å². The van der Waals surface area contributed by atoms with E-state index in [0.29, 0.717) is 5.56 Å². The number of carbonyl (C=O) groups is 2. The molecule has 1 aromatic rings. The van der Waals surface area contributed by atoms with Crippen molar-refractivity contribution in [3.8, 4) is 0 Å². The van der Waals surface area contributed by atoms with Crippen molar-refractivity contribution in [3.63, 3.8) is 0 Å². The summed E-state index contributed by atoms with van der Waals surface area (Å²) in [7, 11) is 0. The Bertz CT molecular complexity index is 361. The van der Waals surface area contributed by atoms with Gasteiger partial charge in [-0.15, -0.1) is 0 Å². The van der Waals surface area contributed by atoms with E-state index in [0.717, 1.165) is 0 Å². The number of halogens is 1. The fraction of sp³-hybridized carbons (Fsp3) is 0.200. The van der Waals surface area contributed by atoms with Gasteiger partial charge in [-0.05, 0) is 17.7 Å². The van der Waals surface area contributed by atoms with Crippen LogP contribution < -0.4 is 5.48 Å². The molecule has 0 bridgehead atoms. The first-order chi connectivity index (χ1) is 7.08. The van der Waals surface area contributed by atoms with Gasteiger partial charge in [0.25, 0.3) is 5.91 Å². The van der Waals surface area contributed by atoms with Crippen LogP contribution in [0.25, 0.3) is 0 Å². The maximum Gasteiger partial charge on any atom is 0.329 e. The van der Waals surface area contributed by atoms with Gasteiger partial charge in [0.2, 0.25) is 0 Å². The number of hydroxylamine groups is 1. The summed E-state index contributed by atoms with van der Waals surface area (Å²) in [5.41, 5.74) is 2.60. The third-order valence-corrected chi connectivity index (χ3v) is 1.59. The van der Waals surface area contributed by atoms with E-state index in [-0.39, 0.29) is 12.2 Å². The lowest BCUT2D eigenvalue weighted by Gasteiger charge is -2.03. The number of hydrogen-bond donors (Lipinski definition) is 1. The Labute approximate surface area is 86.0 Å². The summed E-state index contributed by atoms with van der Waals surface area (Å²) >= 11 is 0. The molecule has 0 atom stereocenters. The van der Waals surface area contributed by atoms with Crippen molar-refractivity contribution >= 4 is 11.9 Å². The van der Waals surface area contributed by atoms with Crippen molar-refractivity contribution in [1.29, 1.82) is 0 Å². The van der Waals surface area contributed by atoms with Crippen LogP contribution in [0.2, 0.25) is 0 Å². The van der Waals surface area contributed by atoms with Crippen LogP contribution in [0.3, 0.4) is 0 Å². The Morgan fingerprint density at radius 3 is 2.47 bits per heavy atom. The van der Waals surface area contributed by atoms with Crippen LogP contribution in [0.1, 0.15) is 12.5 Å². The van der Waals surface area contributed by atoms with E-state index in [1.807, 2.05) is 5.48 Å². The average Bonchev–Trinajstić information content (AvgIpc) is 2.19. The van der Waals surface area contributed by atoms with Crippen molar-refractivity contribution in [2.24, 2.45) is 0 Å². The number of rotatable bonds is 2. The number of amides is 1. The van der Waals surface area contributed by atoms with E-state index < -0.39 is 11.9 Å². The zero-order valence-electron chi connectivity index (χ0n) is 8.12. The normalized spacial score (nSPS) is 9.47. The molecule has 0 saturated carbocycles. The first kappa shape index (κ1) is 11.2. The minimum Gasteiger partial charge on any atom is -0.341 e. The monoisotopic (exact) mass is 211 g/mol. The first-order valence-electron chi connectivity index (χ1n) is 4.28. The van der Waals surface area contributed by atoms with Crippen molar-refractivity contribution in [1.82, 2.24) is 5.48 Å². The van der Waals surface area contributed by atoms with Gasteiger partial charge >= 0.3 is 5.97 Å². The van der Waals surface area contributed by atoms with Gasteiger partial charge < -0.3 is 4.84 Å². The summed E-state index contributed by atoms with van der Waals surface area (Å²) in [6, 6.07) is 5.49. The molecule has 1 aromatic carbocycles. The van der Waals surface area contributed by atoms with Gasteiger partial charge in [0, 0.05) is 6.92 Å².